The molecule has 0 aromatic heterocycles. The van der Waals surface area contributed by atoms with E-state index in [9.17, 15) is 24.3 Å². The summed E-state index contributed by atoms with van der Waals surface area (Å²) in [4.78, 5) is 52.6. The Bertz CT molecular complexity index is 923. The van der Waals surface area contributed by atoms with Crippen LogP contribution in [0.2, 0.25) is 0 Å². The summed E-state index contributed by atoms with van der Waals surface area (Å²) in [5, 5.41) is 15.7. The first-order valence-electron chi connectivity index (χ1n) is 12.6. The van der Waals surface area contributed by atoms with Crippen molar-refractivity contribution in [3.63, 3.8) is 0 Å². The van der Waals surface area contributed by atoms with E-state index >= 15 is 0 Å². The van der Waals surface area contributed by atoms with Gasteiger partial charge >= 0.3 is 6.09 Å². The van der Waals surface area contributed by atoms with Crippen LogP contribution in [0.25, 0.3) is 0 Å². The van der Waals surface area contributed by atoms with E-state index in [0.717, 1.165) is 32.1 Å². The number of alkyl carbamates (subject to hydrolysis) is 1. The van der Waals surface area contributed by atoms with Crippen molar-refractivity contribution in [1.82, 2.24) is 15.5 Å². The summed E-state index contributed by atoms with van der Waals surface area (Å²) in [6, 6.07) is 4.01. The molecule has 1 aromatic carbocycles. The summed E-state index contributed by atoms with van der Waals surface area (Å²) in [6.45, 7) is 6.94. The molecule has 10 nitrogen and oxygen atoms in total. The third kappa shape index (κ3) is 9.05. The van der Waals surface area contributed by atoms with Gasteiger partial charge in [0.25, 0.3) is 0 Å². The molecule has 2 rings (SSSR count). The zero-order valence-corrected chi connectivity index (χ0v) is 21.7. The second-order valence-corrected chi connectivity index (χ2v) is 10.2. The maximum Gasteiger partial charge on any atom is 0.408 e. The number of hydrogen-bond acceptors (Lipinski definition) is 6. The van der Waals surface area contributed by atoms with Crippen LogP contribution in [0, 0.1) is 0 Å². The highest BCUT2D eigenvalue weighted by atomic mass is 16.6. The van der Waals surface area contributed by atoms with Crippen molar-refractivity contribution >= 4 is 23.8 Å². The Morgan fingerprint density at radius 3 is 2.39 bits per heavy atom. The van der Waals surface area contributed by atoms with Crippen LogP contribution in [0.3, 0.4) is 0 Å². The maximum atomic E-state index is 13.7. The number of hydrogen-bond donors (Lipinski definition) is 4. The minimum Gasteiger partial charge on any atom is -0.508 e. The number of benzene rings is 1. The van der Waals surface area contributed by atoms with Gasteiger partial charge in [-0.2, -0.15) is 0 Å². The molecule has 2 atom stereocenters. The first kappa shape index (κ1) is 28.9. The number of carbonyl (C=O) groups excluding carboxylic acids is 4. The molecule has 5 N–H and O–H groups in total. The number of carbonyl (C=O) groups is 4. The molecule has 36 heavy (non-hydrogen) atoms. The normalized spacial score (nSPS) is 15.9. The summed E-state index contributed by atoms with van der Waals surface area (Å²) < 4.78 is 5.30. The fraction of sp³-hybridized carbons (Fsp3) is 0.615. The van der Waals surface area contributed by atoms with Crippen LogP contribution in [0.5, 0.6) is 5.75 Å². The lowest BCUT2D eigenvalue weighted by Gasteiger charge is -2.35. The van der Waals surface area contributed by atoms with Crippen molar-refractivity contribution in [1.29, 1.82) is 0 Å². The molecule has 200 valence electrons. The smallest absolute Gasteiger partial charge is 0.408 e. The second-order valence-electron chi connectivity index (χ2n) is 10.2. The molecule has 1 aliphatic rings. The minimum atomic E-state index is -1.14. The number of ether oxygens (including phenoxy) is 1. The predicted octanol–water partition coefficient (Wildman–Crippen LogP) is 2.89. The Balaban J connectivity index is 2.37. The SMILES string of the molecule is CCN(C(=O)C(CCC(N)=O)NC(=O)OC(C)(C)C)C(C(=O)NC1CCCCC1)c1cccc(O)c1. The van der Waals surface area contributed by atoms with Crippen molar-refractivity contribution < 1.29 is 29.0 Å². The zero-order chi connectivity index (χ0) is 26.9. The van der Waals surface area contributed by atoms with Crippen molar-refractivity contribution in [2.45, 2.75) is 96.4 Å². The highest BCUT2D eigenvalue weighted by molar-refractivity contribution is 5.92. The molecule has 1 fully saturated rings. The van der Waals surface area contributed by atoms with Crippen LogP contribution in [0.1, 0.15) is 84.2 Å². The van der Waals surface area contributed by atoms with Gasteiger partial charge in [-0.05, 0) is 64.7 Å². The second kappa shape index (κ2) is 13.1. The lowest BCUT2D eigenvalue weighted by molar-refractivity contribution is -0.142. The Kier molecular flexibility index (Phi) is 10.6. The third-order valence-corrected chi connectivity index (χ3v) is 5.99. The minimum absolute atomic E-state index is 0.00501. The predicted molar refractivity (Wildman–Crippen MR) is 135 cm³/mol. The average Bonchev–Trinajstić information content (AvgIpc) is 2.78. The van der Waals surface area contributed by atoms with E-state index in [1.54, 1.807) is 39.8 Å². The number of amides is 4. The number of phenolic OH excluding ortho intramolecular Hbond substituents is 1. The number of likely N-dealkylation sites (N-methyl/N-ethyl adjacent to an activating group) is 1. The van der Waals surface area contributed by atoms with Crippen molar-refractivity contribution in [3.8, 4) is 5.75 Å². The standard InChI is InChI=1S/C26H40N4O6/c1-5-30(24(34)20(14-15-21(27)32)29-25(35)36-26(2,3)4)22(17-10-9-13-19(31)16-17)23(33)28-18-11-7-6-8-12-18/h9-10,13,16,18,20,22,31H,5-8,11-12,14-15H2,1-4H3,(H2,27,32)(H,28,33)(H,29,35). The summed E-state index contributed by atoms with van der Waals surface area (Å²) in [5.41, 5.74) is 4.94. The van der Waals surface area contributed by atoms with Crippen LogP contribution >= 0.6 is 0 Å². The number of rotatable bonds is 10. The number of phenols is 1. The summed E-state index contributed by atoms with van der Waals surface area (Å²) in [6.07, 6.45) is 3.87. The van der Waals surface area contributed by atoms with Crippen LogP contribution in [0.4, 0.5) is 4.79 Å². The third-order valence-electron chi connectivity index (χ3n) is 5.99. The van der Waals surface area contributed by atoms with Gasteiger partial charge in [-0.1, -0.05) is 31.4 Å². The van der Waals surface area contributed by atoms with Crippen molar-refractivity contribution in [2.24, 2.45) is 5.73 Å². The average molecular weight is 505 g/mol. The monoisotopic (exact) mass is 504 g/mol. The Labute approximate surface area is 212 Å². The lowest BCUT2D eigenvalue weighted by Crippen LogP contribution is -2.54. The number of nitrogens with zero attached hydrogens (tertiary/aromatic N) is 1. The maximum absolute atomic E-state index is 13.7. The molecule has 0 bridgehead atoms. The summed E-state index contributed by atoms with van der Waals surface area (Å²) in [5.74, 6) is -1.59. The number of nitrogens with two attached hydrogens (primary N) is 1. The molecule has 0 saturated heterocycles. The fourth-order valence-electron chi connectivity index (χ4n) is 4.35. The number of primary amides is 1. The Morgan fingerprint density at radius 2 is 1.83 bits per heavy atom. The van der Waals surface area contributed by atoms with Crippen molar-refractivity contribution in [3.05, 3.63) is 29.8 Å². The van der Waals surface area contributed by atoms with Crippen LogP contribution in [0.15, 0.2) is 24.3 Å². The molecular formula is C26H40N4O6. The largest absolute Gasteiger partial charge is 0.508 e. The van der Waals surface area contributed by atoms with Gasteiger partial charge < -0.3 is 31.1 Å². The van der Waals surface area contributed by atoms with Gasteiger partial charge in [0.05, 0.1) is 0 Å². The van der Waals surface area contributed by atoms with E-state index in [4.69, 9.17) is 10.5 Å². The van der Waals surface area contributed by atoms with Gasteiger partial charge in [0.1, 0.15) is 23.4 Å². The van der Waals surface area contributed by atoms with Gasteiger partial charge in [-0.15, -0.1) is 0 Å². The van der Waals surface area contributed by atoms with Crippen LogP contribution in [-0.4, -0.2) is 58.1 Å². The molecular weight excluding hydrogens is 464 g/mol. The van der Waals surface area contributed by atoms with E-state index < -0.39 is 35.6 Å². The highest BCUT2D eigenvalue weighted by Crippen LogP contribution is 2.27. The Hall–Kier alpha value is -3.30. The fourth-order valence-corrected chi connectivity index (χ4v) is 4.35. The van der Waals surface area contributed by atoms with Gasteiger partial charge in [-0.3, -0.25) is 14.4 Å². The highest BCUT2D eigenvalue weighted by Gasteiger charge is 2.36. The Morgan fingerprint density at radius 1 is 1.17 bits per heavy atom. The first-order valence-corrected chi connectivity index (χ1v) is 12.6. The van der Waals surface area contributed by atoms with Gasteiger partial charge in [0.2, 0.25) is 17.7 Å². The molecule has 1 aliphatic carbocycles. The number of nitrogens with one attached hydrogen (secondary N) is 2. The topological polar surface area (TPSA) is 151 Å². The van der Waals surface area contributed by atoms with Gasteiger partial charge in [0, 0.05) is 19.0 Å². The van der Waals surface area contributed by atoms with Gasteiger partial charge in [0.15, 0.2) is 0 Å². The summed E-state index contributed by atoms with van der Waals surface area (Å²) in [7, 11) is 0. The lowest BCUT2D eigenvalue weighted by atomic mass is 9.94. The van der Waals surface area contributed by atoms with Crippen LogP contribution < -0.4 is 16.4 Å². The molecule has 10 heteroatoms. The van der Waals surface area contributed by atoms with E-state index in [1.807, 2.05) is 0 Å². The molecule has 4 amide bonds. The molecule has 1 saturated carbocycles. The zero-order valence-electron chi connectivity index (χ0n) is 21.7. The summed E-state index contributed by atoms with van der Waals surface area (Å²) >= 11 is 0. The molecule has 0 spiro atoms. The van der Waals surface area contributed by atoms with E-state index in [-0.39, 0.29) is 37.1 Å². The first-order chi connectivity index (χ1) is 16.9. The van der Waals surface area contributed by atoms with Gasteiger partial charge in [-0.25, -0.2) is 4.79 Å². The molecule has 0 radical (unpaired) electrons. The molecule has 0 aliphatic heterocycles. The van der Waals surface area contributed by atoms with Crippen LogP contribution in [-0.2, 0) is 19.1 Å². The van der Waals surface area contributed by atoms with E-state index in [0.29, 0.717) is 5.56 Å². The van der Waals surface area contributed by atoms with Crippen molar-refractivity contribution in [2.75, 3.05) is 6.54 Å². The molecule has 2 unspecified atom stereocenters. The van der Waals surface area contributed by atoms with E-state index in [1.165, 1.54) is 17.0 Å². The quantitative estimate of drug-likeness (QED) is 0.385. The van der Waals surface area contributed by atoms with E-state index in [2.05, 4.69) is 10.6 Å². The molecule has 0 heterocycles. The molecule has 1 aromatic rings. The number of aromatic hydroxyl groups is 1.